The highest BCUT2D eigenvalue weighted by molar-refractivity contribution is 6.32. The minimum atomic E-state index is -0.604. The third-order valence-electron chi connectivity index (χ3n) is 4.09. The minimum Gasteiger partial charge on any atom is -0.495 e. The van der Waals surface area contributed by atoms with E-state index in [1.807, 2.05) is 0 Å². The van der Waals surface area contributed by atoms with Crippen molar-refractivity contribution in [3.63, 3.8) is 0 Å². The molecule has 0 atom stereocenters. The van der Waals surface area contributed by atoms with Crippen molar-refractivity contribution in [2.45, 2.75) is 13.0 Å². The quantitative estimate of drug-likeness (QED) is 0.595. The van der Waals surface area contributed by atoms with Crippen molar-refractivity contribution >= 4 is 40.1 Å². The van der Waals surface area contributed by atoms with E-state index >= 15 is 0 Å². The maximum Gasteiger partial charge on any atom is 0.308 e. The molecular weight excluding hydrogens is 398 g/mol. The summed E-state index contributed by atoms with van der Waals surface area (Å²) in [5.41, 5.74) is 0.801. The van der Waals surface area contributed by atoms with E-state index < -0.39 is 18.5 Å². The number of ether oxygens (including phenoxy) is 2. The number of para-hydroxylation sites is 1. The Morgan fingerprint density at radius 3 is 2.76 bits per heavy atom. The zero-order valence-electron chi connectivity index (χ0n) is 15.6. The Balaban J connectivity index is 1.50. The monoisotopic (exact) mass is 415 g/mol. The third kappa shape index (κ3) is 5.11. The molecule has 1 aromatic heterocycles. The van der Waals surface area contributed by atoms with Gasteiger partial charge >= 0.3 is 5.97 Å². The summed E-state index contributed by atoms with van der Waals surface area (Å²) in [6.07, 6.45) is 1.32. The predicted octanol–water partition coefficient (Wildman–Crippen LogP) is 2.63. The number of fused-ring (bicyclic) bond motifs is 1. The Hall–Kier alpha value is -3.39. The van der Waals surface area contributed by atoms with Gasteiger partial charge in [-0.1, -0.05) is 23.7 Å². The van der Waals surface area contributed by atoms with E-state index in [4.69, 9.17) is 21.1 Å². The van der Waals surface area contributed by atoms with Crippen LogP contribution in [0, 0.1) is 0 Å². The number of nitrogens with zero attached hydrogens (tertiary/aromatic N) is 2. The SMILES string of the molecule is COc1ccc(NC(=O)COC(=O)CCn2cnc3ccccc3c2=O)cc1Cl. The van der Waals surface area contributed by atoms with Gasteiger partial charge in [0.05, 0.1) is 35.8 Å². The first-order valence-corrected chi connectivity index (χ1v) is 9.09. The fourth-order valence-corrected chi connectivity index (χ4v) is 2.89. The molecule has 3 rings (SSSR count). The lowest BCUT2D eigenvalue weighted by Crippen LogP contribution is -2.24. The average Bonchev–Trinajstić information content (AvgIpc) is 2.72. The van der Waals surface area contributed by atoms with Gasteiger partial charge in [0.25, 0.3) is 11.5 Å². The van der Waals surface area contributed by atoms with E-state index in [9.17, 15) is 14.4 Å². The van der Waals surface area contributed by atoms with Crippen LogP contribution in [-0.2, 0) is 20.9 Å². The van der Waals surface area contributed by atoms with Gasteiger partial charge in [-0.15, -0.1) is 0 Å². The van der Waals surface area contributed by atoms with Crippen LogP contribution in [0.2, 0.25) is 5.02 Å². The highest BCUT2D eigenvalue weighted by Crippen LogP contribution is 2.27. The number of aromatic nitrogens is 2. The van der Waals surface area contributed by atoms with Crippen LogP contribution in [-0.4, -0.2) is 35.1 Å². The van der Waals surface area contributed by atoms with Crippen molar-refractivity contribution in [2.24, 2.45) is 0 Å². The number of halogens is 1. The lowest BCUT2D eigenvalue weighted by atomic mass is 10.2. The number of benzene rings is 2. The van der Waals surface area contributed by atoms with Crippen LogP contribution in [0.3, 0.4) is 0 Å². The van der Waals surface area contributed by atoms with Crippen molar-refractivity contribution < 1.29 is 19.1 Å². The number of aryl methyl sites for hydroxylation is 1. The Labute approximate surface area is 171 Å². The van der Waals surface area contributed by atoms with Crippen molar-refractivity contribution in [3.05, 3.63) is 64.2 Å². The summed E-state index contributed by atoms with van der Waals surface area (Å²) in [7, 11) is 1.49. The number of hydrogen-bond donors (Lipinski definition) is 1. The van der Waals surface area contributed by atoms with E-state index in [1.54, 1.807) is 36.4 Å². The first-order chi connectivity index (χ1) is 14.0. The van der Waals surface area contributed by atoms with Crippen molar-refractivity contribution in [1.29, 1.82) is 0 Å². The molecule has 0 spiro atoms. The third-order valence-corrected chi connectivity index (χ3v) is 4.38. The van der Waals surface area contributed by atoms with Gasteiger partial charge in [-0.05, 0) is 30.3 Å². The lowest BCUT2D eigenvalue weighted by molar-refractivity contribution is -0.147. The zero-order valence-corrected chi connectivity index (χ0v) is 16.3. The summed E-state index contributed by atoms with van der Waals surface area (Å²) in [4.78, 5) is 40.4. The van der Waals surface area contributed by atoms with Crippen molar-refractivity contribution in [1.82, 2.24) is 9.55 Å². The summed E-state index contributed by atoms with van der Waals surface area (Å²) in [5.74, 6) is -0.633. The minimum absolute atomic E-state index is 0.0679. The standard InChI is InChI=1S/C20H18ClN3O5/c1-28-17-7-6-13(10-15(17)21)23-18(25)11-29-19(26)8-9-24-12-22-16-5-3-2-4-14(16)20(24)27/h2-7,10,12H,8-9,11H2,1H3,(H,23,25). The molecule has 0 radical (unpaired) electrons. The molecule has 0 unspecified atom stereocenters. The fraction of sp³-hybridized carbons (Fsp3) is 0.200. The first kappa shape index (κ1) is 20.3. The molecule has 1 amide bonds. The molecule has 2 aromatic carbocycles. The predicted molar refractivity (Wildman–Crippen MR) is 108 cm³/mol. The normalized spacial score (nSPS) is 10.6. The highest BCUT2D eigenvalue weighted by atomic mass is 35.5. The van der Waals surface area contributed by atoms with Crippen molar-refractivity contribution in [2.75, 3.05) is 19.0 Å². The van der Waals surface area contributed by atoms with Gasteiger partial charge in [0.1, 0.15) is 5.75 Å². The van der Waals surface area contributed by atoms with Gasteiger partial charge in [0.2, 0.25) is 0 Å². The summed E-state index contributed by atoms with van der Waals surface area (Å²) in [6, 6.07) is 11.7. The zero-order chi connectivity index (χ0) is 20.8. The molecule has 1 N–H and O–H groups in total. The molecule has 0 aliphatic heterocycles. The molecule has 0 aliphatic carbocycles. The number of amides is 1. The Bertz CT molecular complexity index is 1110. The van der Waals surface area contributed by atoms with Gasteiger partial charge in [0, 0.05) is 12.2 Å². The number of methoxy groups -OCH3 is 1. The fourth-order valence-electron chi connectivity index (χ4n) is 2.64. The molecule has 0 fully saturated rings. The van der Waals surface area contributed by atoms with E-state index in [0.717, 1.165) is 0 Å². The van der Waals surface area contributed by atoms with Gasteiger partial charge < -0.3 is 14.8 Å². The smallest absolute Gasteiger partial charge is 0.308 e. The number of nitrogens with one attached hydrogen (secondary N) is 1. The number of anilines is 1. The van der Waals surface area contributed by atoms with E-state index in [1.165, 1.54) is 24.1 Å². The molecule has 29 heavy (non-hydrogen) atoms. The highest BCUT2D eigenvalue weighted by Gasteiger charge is 2.11. The number of rotatable bonds is 7. The van der Waals surface area contributed by atoms with Gasteiger partial charge in [-0.25, -0.2) is 4.98 Å². The van der Waals surface area contributed by atoms with Crippen LogP contribution >= 0.6 is 11.6 Å². The molecular formula is C20H18ClN3O5. The lowest BCUT2D eigenvalue weighted by Gasteiger charge is -2.09. The maximum absolute atomic E-state index is 12.4. The van der Waals surface area contributed by atoms with Gasteiger partial charge in [-0.3, -0.25) is 19.0 Å². The molecule has 150 valence electrons. The van der Waals surface area contributed by atoms with Crippen LogP contribution in [0.1, 0.15) is 6.42 Å². The summed E-state index contributed by atoms with van der Waals surface area (Å²) < 4.78 is 11.3. The van der Waals surface area contributed by atoms with Crippen LogP contribution in [0.25, 0.3) is 10.9 Å². The molecule has 8 nitrogen and oxygen atoms in total. The Kier molecular flexibility index (Phi) is 6.46. The second kappa shape index (κ2) is 9.20. The topological polar surface area (TPSA) is 99.5 Å². The van der Waals surface area contributed by atoms with Gasteiger partial charge in [-0.2, -0.15) is 0 Å². The number of hydrogen-bond acceptors (Lipinski definition) is 6. The summed E-state index contributed by atoms with van der Waals surface area (Å²) in [6.45, 7) is -0.349. The first-order valence-electron chi connectivity index (χ1n) is 8.71. The van der Waals surface area contributed by atoms with Crippen LogP contribution in [0.15, 0.2) is 53.6 Å². The van der Waals surface area contributed by atoms with Gasteiger partial charge in [0.15, 0.2) is 6.61 Å². The molecule has 0 saturated carbocycles. The molecule has 3 aromatic rings. The van der Waals surface area contributed by atoms with E-state index in [-0.39, 0.29) is 18.5 Å². The molecule has 0 aliphatic rings. The Morgan fingerprint density at radius 1 is 1.21 bits per heavy atom. The summed E-state index contributed by atoms with van der Waals surface area (Å²) in [5, 5.41) is 3.39. The number of carbonyl (C=O) groups excluding carboxylic acids is 2. The summed E-state index contributed by atoms with van der Waals surface area (Å²) >= 11 is 5.99. The molecule has 1 heterocycles. The van der Waals surface area contributed by atoms with Crippen molar-refractivity contribution in [3.8, 4) is 5.75 Å². The maximum atomic E-state index is 12.4. The van der Waals surface area contributed by atoms with Crippen LogP contribution in [0.5, 0.6) is 5.75 Å². The number of esters is 1. The van der Waals surface area contributed by atoms with Crippen LogP contribution in [0.4, 0.5) is 5.69 Å². The second-order valence-corrected chi connectivity index (χ2v) is 6.48. The second-order valence-electron chi connectivity index (χ2n) is 6.07. The van der Waals surface area contributed by atoms with Crippen LogP contribution < -0.4 is 15.6 Å². The molecule has 0 bridgehead atoms. The average molecular weight is 416 g/mol. The van der Waals surface area contributed by atoms with E-state index in [0.29, 0.717) is 27.4 Å². The molecule has 0 saturated heterocycles. The molecule has 9 heteroatoms. The largest absolute Gasteiger partial charge is 0.495 e. The number of carbonyl (C=O) groups is 2. The Morgan fingerprint density at radius 2 is 2.00 bits per heavy atom. The van der Waals surface area contributed by atoms with E-state index in [2.05, 4.69) is 10.3 Å².